The van der Waals surface area contributed by atoms with Gasteiger partial charge in [0.25, 0.3) is 5.91 Å². The second-order valence-electron chi connectivity index (χ2n) is 6.75. The molecular weight excluding hydrogens is 384 g/mol. The summed E-state index contributed by atoms with van der Waals surface area (Å²) in [6.45, 7) is 1.80. The minimum absolute atomic E-state index is 0.186. The molecule has 0 fully saturated rings. The molecule has 1 aliphatic heterocycles. The van der Waals surface area contributed by atoms with Crippen molar-refractivity contribution in [2.45, 2.75) is 13.0 Å². The van der Waals surface area contributed by atoms with Crippen molar-refractivity contribution in [1.82, 2.24) is 19.7 Å². The van der Waals surface area contributed by atoms with Gasteiger partial charge in [-0.1, -0.05) is 12.1 Å². The summed E-state index contributed by atoms with van der Waals surface area (Å²) >= 11 is 1.82. The number of anilines is 2. The lowest BCUT2D eigenvalue weighted by molar-refractivity contribution is 0.102. The molecule has 5 rings (SSSR count). The van der Waals surface area contributed by atoms with Gasteiger partial charge in [-0.2, -0.15) is 5.10 Å². The Hall–Kier alpha value is -3.52. The lowest BCUT2D eigenvalue weighted by Gasteiger charge is -2.30. The monoisotopic (exact) mass is 402 g/mol. The van der Waals surface area contributed by atoms with E-state index in [0.29, 0.717) is 11.4 Å². The summed E-state index contributed by atoms with van der Waals surface area (Å²) in [6, 6.07) is 13.5. The molecule has 29 heavy (non-hydrogen) atoms. The Morgan fingerprint density at radius 2 is 2.10 bits per heavy atom. The van der Waals surface area contributed by atoms with Crippen molar-refractivity contribution >= 4 is 28.6 Å². The molecule has 0 aliphatic carbocycles. The van der Waals surface area contributed by atoms with Crippen LogP contribution in [0.3, 0.4) is 0 Å². The fraction of sp³-hybridized carbons (Fsp3) is 0.143. The molecule has 0 atom stereocenters. The van der Waals surface area contributed by atoms with Crippen LogP contribution < -0.4 is 10.2 Å². The Kier molecular flexibility index (Phi) is 4.53. The van der Waals surface area contributed by atoms with Gasteiger partial charge in [-0.3, -0.25) is 4.79 Å². The summed E-state index contributed by atoms with van der Waals surface area (Å²) in [5.41, 5.74) is 3.71. The zero-order chi connectivity index (χ0) is 19.6. The Morgan fingerprint density at radius 1 is 1.17 bits per heavy atom. The molecule has 0 bridgehead atoms. The van der Waals surface area contributed by atoms with Crippen LogP contribution in [-0.2, 0) is 13.0 Å². The number of thiophene rings is 1. The fourth-order valence-electron chi connectivity index (χ4n) is 3.52. The molecule has 1 aliphatic rings. The molecule has 4 aromatic rings. The van der Waals surface area contributed by atoms with E-state index in [4.69, 9.17) is 0 Å². The fourth-order valence-corrected chi connectivity index (χ4v) is 4.40. The molecule has 0 radical (unpaired) electrons. The van der Waals surface area contributed by atoms with Crippen LogP contribution in [0.15, 0.2) is 66.7 Å². The normalized spacial score (nSPS) is 13.2. The summed E-state index contributed by atoms with van der Waals surface area (Å²) in [5, 5.41) is 9.28. The number of pyridine rings is 1. The number of aromatic nitrogens is 4. The number of rotatable bonds is 4. The molecule has 0 saturated carbocycles. The van der Waals surface area contributed by atoms with Gasteiger partial charge in [0.1, 0.15) is 12.7 Å². The van der Waals surface area contributed by atoms with Crippen LogP contribution in [0, 0.1) is 0 Å². The standard InChI is InChI=1S/C21H18N6OS/c28-21(15-5-8-23-20(11-15)27-14-22-13-24-27)25-17-3-1-2-4-18(17)26-9-6-19-16(12-26)7-10-29-19/h1-5,7-8,10-11,13-14H,6,9,12H2,(H,25,28). The minimum atomic E-state index is -0.186. The van der Waals surface area contributed by atoms with Gasteiger partial charge < -0.3 is 10.2 Å². The predicted molar refractivity (Wildman–Crippen MR) is 113 cm³/mol. The highest BCUT2D eigenvalue weighted by Crippen LogP contribution is 2.32. The van der Waals surface area contributed by atoms with E-state index < -0.39 is 0 Å². The average Bonchev–Trinajstić information content (AvgIpc) is 3.46. The molecule has 1 N–H and O–H groups in total. The van der Waals surface area contributed by atoms with E-state index in [0.717, 1.165) is 30.9 Å². The van der Waals surface area contributed by atoms with Crippen LogP contribution in [0.1, 0.15) is 20.8 Å². The number of nitrogens with one attached hydrogen (secondary N) is 1. The number of fused-ring (bicyclic) bond motifs is 1. The Morgan fingerprint density at radius 3 is 3.00 bits per heavy atom. The molecule has 1 amide bonds. The molecule has 1 aromatic carbocycles. The van der Waals surface area contributed by atoms with E-state index in [9.17, 15) is 4.79 Å². The number of amides is 1. The molecule has 0 unspecified atom stereocenters. The van der Waals surface area contributed by atoms with Gasteiger partial charge in [-0.05, 0) is 47.7 Å². The van der Waals surface area contributed by atoms with Crippen LogP contribution >= 0.6 is 11.3 Å². The van der Waals surface area contributed by atoms with Gasteiger partial charge in [-0.25, -0.2) is 14.6 Å². The van der Waals surface area contributed by atoms with E-state index in [1.807, 2.05) is 29.5 Å². The van der Waals surface area contributed by atoms with Crippen molar-refractivity contribution in [3.63, 3.8) is 0 Å². The van der Waals surface area contributed by atoms with E-state index in [2.05, 4.69) is 42.8 Å². The van der Waals surface area contributed by atoms with Gasteiger partial charge in [-0.15, -0.1) is 11.3 Å². The Labute approximate surface area is 171 Å². The summed E-state index contributed by atoms with van der Waals surface area (Å²) < 4.78 is 1.52. The van der Waals surface area contributed by atoms with Crippen LogP contribution in [0.25, 0.3) is 5.82 Å². The van der Waals surface area contributed by atoms with Crippen LogP contribution in [0.5, 0.6) is 0 Å². The highest BCUT2D eigenvalue weighted by Gasteiger charge is 2.20. The van der Waals surface area contributed by atoms with Crippen molar-refractivity contribution in [1.29, 1.82) is 0 Å². The Balaban J connectivity index is 1.39. The van der Waals surface area contributed by atoms with Gasteiger partial charge >= 0.3 is 0 Å². The molecule has 8 heteroatoms. The molecule has 0 spiro atoms. The maximum absolute atomic E-state index is 12.9. The topological polar surface area (TPSA) is 75.9 Å². The lowest BCUT2D eigenvalue weighted by atomic mass is 10.1. The number of hydrogen-bond acceptors (Lipinski definition) is 6. The highest BCUT2D eigenvalue weighted by molar-refractivity contribution is 7.10. The van der Waals surface area contributed by atoms with Crippen LogP contribution in [-0.4, -0.2) is 32.2 Å². The second kappa shape index (κ2) is 7.48. The van der Waals surface area contributed by atoms with E-state index in [-0.39, 0.29) is 5.91 Å². The van der Waals surface area contributed by atoms with Gasteiger partial charge in [0.15, 0.2) is 5.82 Å². The highest BCUT2D eigenvalue weighted by atomic mass is 32.1. The van der Waals surface area contributed by atoms with Gasteiger partial charge in [0, 0.05) is 29.7 Å². The van der Waals surface area contributed by atoms with Gasteiger partial charge in [0.2, 0.25) is 0 Å². The SMILES string of the molecule is O=C(Nc1ccccc1N1CCc2sccc2C1)c1ccnc(-n2cncn2)c1. The largest absolute Gasteiger partial charge is 0.365 e. The van der Waals surface area contributed by atoms with E-state index in [1.54, 1.807) is 24.7 Å². The number of hydrogen-bond donors (Lipinski definition) is 1. The zero-order valence-corrected chi connectivity index (χ0v) is 16.3. The summed E-state index contributed by atoms with van der Waals surface area (Å²) in [7, 11) is 0. The average molecular weight is 402 g/mol. The van der Waals surface area contributed by atoms with E-state index in [1.165, 1.54) is 21.4 Å². The number of carbonyl (C=O) groups excluding carboxylic acids is 1. The molecule has 0 saturated heterocycles. The second-order valence-corrected chi connectivity index (χ2v) is 7.76. The molecule has 7 nitrogen and oxygen atoms in total. The third-order valence-electron chi connectivity index (χ3n) is 4.96. The first-order valence-electron chi connectivity index (χ1n) is 9.29. The van der Waals surface area contributed by atoms with Crippen molar-refractivity contribution in [2.75, 3.05) is 16.8 Å². The zero-order valence-electron chi connectivity index (χ0n) is 15.5. The first-order valence-corrected chi connectivity index (χ1v) is 10.2. The summed E-state index contributed by atoms with van der Waals surface area (Å²) in [5.74, 6) is 0.360. The molecule has 4 heterocycles. The smallest absolute Gasteiger partial charge is 0.255 e. The third kappa shape index (κ3) is 3.50. The van der Waals surface area contributed by atoms with Crippen molar-refractivity contribution in [3.8, 4) is 5.82 Å². The first-order chi connectivity index (χ1) is 14.3. The number of carbonyl (C=O) groups is 1. The quantitative estimate of drug-likeness (QED) is 0.565. The van der Waals surface area contributed by atoms with Crippen molar-refractivity contribution < 1.29 is 4.79 Å². The number of para-hydroxylation sites is 2. The Bertz CT molecular complexity index is 1150. The summed E-state index contributed by atoms with van der Waals surface area (Å²) in [4.78, 5) is 24.9. The lowest BCUT2D eigenvalue weighted by Crippen LogP contribution is -2.30. The van der Waals surface area contributed by atoms with Crippen LogP contribution in [0.4, 0.5) is 11.4 Å². The maximum atomic E-state index is 12.9. The van der Waals surface area contributed by atoms with Crippen molar-refractivity contribution in [3.05, 3.63) is 82.7 Å². The minimum Gasteiger partial charge on any atom is -0.365 e. The van der Waals surface area contributed by atoms with Gasteiger partial charge in [0.05, 0.1) is 11.4 Å². The number of benzene rings is 1. The van der Waals surface area contributed by atoms with Crippen molar-refractivity contribution in [2.24, 2.45) is 0 Å². The molecular formula is C21H18N6OS. The molecule has 144 valence electrons. The maximum Gasteiger partial charge on any atom is 0.255 e. The van der Waals surface area contributed by atoms with Crippen LogP contribution in [0.2, 0.25) is 0 Å². The predicted octanol–water partition coefficient (Wildman–Crippen LogP) is 3.54. The summed E-state index contributed by atoms with van der Waals surface area (Å²) in [6.07, 6.45) is 5.61. The van der Waals surface area contributed by atoms with E-state index >= 15 is 0 Å². The third-order valence-corrected chi connectivity index (χ3v) is 5.98. The first kappa shape index (κ1) is 17.6. The molecule has 3 aromatic heterocycles. The number of nitrogens with zero attached hydrogens (tertiary/aromatic N) is 5.